The monoisotopic (exact) mass is 236 g/mol. The van der Waals surface area contributed by atoms with Crippen LogP contribution in [0.25, 0.3) is 16.7 Å². The van der Waals surface area contributed by atoms with Crippen molar-refractivity contribution in [2.75, 3.05) is 0 Å². The molecule has 3 rings (SSSR count). The van der Waals surface area contributed by atoms with E-state index in [9.17, 15) is 4.79 Å². The molecule has 5 nitrogen and oxygen atoms in total. The van der Waals surface area contributed by atoms with Gasteiger partial charge in [-0.25, -0.2) is 4.98 Å². The summed E-state index contributed by atoms with van der Waals surface area (Å²) in [4.78, 5) is 19.1. The molecule has 2 aromatic heterocycles. The van der Waals surface area contributed by atoms with Gasteiger partial charge in [-0.1, -0.05) is 6.07 Å². The number of aromatic amines is 1. The van der Waals surface area contributed by atoms with Crippen LogP contribution in [0.2, 0.25) is 0 Å². The maximum Gasteiger partial charge on any atom is 0.283 e. The second-order valence-electron chi connectivity index (χ2n) is 3.82. The number of hydrogen-bond acceptors (Lipinski definition) is 3. The Morgan fingerprint density at radius 3 is 3.06 bits per heavy atom. The lowest BCUT2D eigenvalue weighted by Gasteiger charge is -2.05. The third-order valence-electron chi connectivity index (χ3n) is 2.73. The normalized spacial score (nSPS) is 10.4. The number of rotatable bonds is 1. The van der Waals surface area contributed by atoms with E-state index in [1.165, 1.54) is 10.9 Å². The SMILES string of the molecule is N#Cc1cccc(-n2ccc3[nH]cnc3c2=O)c1. The first-order valence-electron chi connectivity index (χ1n) is 5.35. The highest BCUT2D eigenvalue weighted by Gasteiger charge is 2.06. The minimum absolute atomic E-state index is 0.205. The van der Waals surface area contributed by atoms with Crippen molar-refractivity contribution in [3.05, 3.63) is 58.8 Å². The second-order valence-corrected chi connectivity index (χ2v) is 3.82. The standard InChI is InChI=1S/C13H8N4O/c14-7-9-2-1-3-10(6-9)17-5-4-11-12(13(17)18)16-8-15-11/h1-6,8H,(H,15,16). The molecule has 1 N–H and O–H groups in total. The molecule has 0 saturated carbocycles. The molecular weight excluding hydrogens is 228 g/mol. The fourth-order valence-corrected chi connectivity index (χ4v) is 1.86. The van der Waals surface area contributed by atoms with Gasteiger partial charge in [0.15, 0.2) is 5.52 Å². The van der Waals surface area contributed by atoms with Crippen LogP contribution >= 0.6 is 0 Å². The fourth-order valence-electron chi connectivity index (χ4n) is 1.86. The molecule has 86 valence electrons. The number of imidazole rings is 1. The van der Waals surface area contributed by atoms with Crippen molar-refractivity contribution in [1.82, 2.24) is 14.5 Å². The average molecular weight is 236 g/mol. The van der Waals surface area contributed by atoms with Crippen molar-refractivity contribution in [1.29, 1.82) is 5.26 Å². The van der Waals surface area contributed by atoms with Crippen LogP contribution in [0.3, 0.4) is 0 Å². The summed E-state index contributed by atoms with van der Waals surface area (Å²) in [7, 11) is 0. The first-order chi connectivity index (χ1) is 8.79. The van der Waals surface area contributed by atoms with Crippen molar-refractivity contribution in [3.63, 3.8) is 0 Å². The lowest BCUT2D eigenvalue weighted by atomic mass is 10.2. The van der Waals surface area contributed by atoms with Crippen molar-refractivity contribution >= 4 is 11.0 Å². The molecule has 0 radical (unpaired) electrons. The van der Waals surface area contributed by atoms with Gasteiger partial charge in [0, 0.05) is 11.9 Å². The van der Waals surface area contributed by atoms with Crippen LogP contribution in [0, 0.1) is 11.3 Å². The van der Waals surface area contributed by atoms with E-state index in [-0.39, 0.29) is 5.56 Å². The Morgan fingerprint density at radius 2 is 2.22 bits per heavy atom. The van der Waals surface area contributed by atoms with Gasteiger partial charge < -0.3 is 4.98 Å². The van der Waals surface area contributed by atoms with Crippen LogP contribution in [0.15, 0.2) is 47.7 Å². The number of pyridine rings is 1. The molecule has 0 bridgehead atoms. The van der Waals surface area contributed by atoms with E-state index < -0.39 is 0 Å². The molecule has 2 heterocycles. The lowest BCUT2D eigenvalue weighted by molar-refractivity contribution is 1.00. The summed E-state index contributed by atoms with van der Waals surface area (Å²) in [5.74, 6) is 0. The lowest BCUT2D eigenvalue weighted by Crippen LogP contribution is -2.17. The summed E-state index contributed by atoms with van der Waals surface area (Å²) in [6.45, 7) is 0. The number of H-pyrrole nitrogens is 1. The summed E-state index contributed by atoms with van der Waals surface area (Å²) >= 11 is 0. The summed E-state index contributed by atoms with van der Waals surface area (Å²) in [6, 6.07) is 10.7. The van der Waals surface area contributed by atoms with E-state index in [0.29, 0.717) is 22.3 Å². The van der Waals surface area contributed by atoms with Gasteiger partial charge in [-0.2, -0.15) is 5.26 Å². The van der Waals surface area contributed by atoms with Gasteiger partial charge in [0.05, 0.1) is 23.5 Å². The molecule has 5 heteroatoms. The van der Waals surface area contributed by atoms with E-state index in [1.54, 1.807) is 36.5 Å². The molecule has 0 atom stereocenters. The van der Waals surface area contributed by atoms with Gasteiger partial charge in [0.1, 0.15) is 0 Å². The molecule has 0 amide bonds. The van der Waals surface area contributed by atoms with Gasteiger partial charge in [-0.05, 0) is 24.3 Å². The van der Waals surface area contributed by atoms with Crippen molar-refractivity contribution in [2.24, 2.45) is 0 Å². The van der Waals surface area contributed by atoms with Crippen LogP contribution in [0.4, 0.5) is 0 Å². The summed E-state index contributed by atoms with van der Waals surface area (Å²) in [6.07, 6.45) is 3.15. The van der Waals surface area contributed by atoms with Crippen molar-refractivity contribution < 1.29 is 0 Å². The Hall–Kier alpha value is -2.87. The van der Waals surface area contributed by atoms with Crippen molar-refractivity contribution in [2.45, 2.75) is 0 Å². The minimum Gasteiger partial charge on any atom is -0.344 e. The highest BCUT2D eigenvalue weighted by Crippen LogP contribution is 2.10. The number of hydrogen-bond donors (Lipinski definition) is 1. The molecule has 1 aromatic carbocycles. The fraction of sp³-hybridized carbons (Fsp3) is 0. The Balaban J connectivity index is 2.28. The molecule has 0 spiro atoms. The van der Waals surface area contributed by atoms with E-state index in [2.05, 4.69) is 16.0 Å². The molecule has 0 aliphatic carbocycles. The third kappa shape index (κ3) is 1.48. The maximum absolute atomic E-state index is 12.2. The molecule has 0 unspecified atom stereocenters. The van der Waals surface area contributed by atoms with E-state index in [0.717, 1.165) is 0 Å². The zero-order valence-corrected chi connectivity index (χ0v) is 9.29. The molecule has 18 heavy (non-hydrogen) atoms. The number of nitrogens with one attached hydrogen (secondary N) is 1. The molecule has 0 saturated heterocycles. The molecule has 0 aliphatic heterocycles. The zero-order chi connectivity index (χ0) is 12.5. The van der Waals surface area contributed by atoms with E-state index in [4.69, 9.17) is 5.26 Å². The van der Waals surface area contributed by atoms with Gasteiger partial charge in [0.2, 0.25) is 0 Å². The Bertz CT molecular complexity index is 823. The average Bonchev–Trinajstić information content (AvgIpc) is 2.88. The molecule has 0 aliphatic rings. The second kappa shape index (κ2) is 3.86. The van der Waals surface area contributed by atoms with Gasteiger partial charge in [0.25, 0.3) is 5.56 Å². The van der Waals surface area contributed by atoms with Crippen LogP contribution in [0.1, 0.15) is 5.56 Å². The topological polar surface area (TPSA) is 74.5 Å². The van der Waals surface area contributed by atoms with E-state index >= 15 is 0 Å². The van der Waals surface area contributed by atoms with Gasteiger partial charge in [-0.15, -0.1) is 0 Å². The molecular formula is C13H8N4O. The summed E-state index contributed by atoms with van der Waals surface area (Å²) < 4.78 is 1.48. The Labute approximate surface area is 102 Å². The van der Waals surface area contributed by atoms with Gasteiger partial charge >= 0.3 is 0 Å². The van der Waals surface area contributed by atoms with Crippen molar-refractivity contribution in [3.8, 4) is 11.8 Å². The smallest absolute Gasteiger partial charge is 0.283 e. The van der Waals surface area contributed by atoms with E-state index in [1.807, 2.05) is 0 Å². The number of benzene rings is 1. The predicted molar refractivity (Wildman–Crippen MR) is 66.4 cm³/mol. The number of nitrogens with zero attached hydrogens (tertiary/aromatic N) is 3. The molecule has 3 aromatic rings. The highest BCUT2D eigenvalue weighted by molar-refractivity contribution is 5.73. The van der Waals surface area contributed by atoms with Crippen LogP contribution < -0.4 is 5.56 Å². The summed E-state index contributed by atoms with van der Waals surface area (Å²) in [5, 5.41) is 8.86. The highest BCUT2D eigenvalue weighted by atomic mass is 16.1. The number of aromatic nitrogens is 3. The number of fused-ring (bicyclic) bond motifs is 1. The van der Waals surface area contributed by atoms with Crippen LogP contribution in [-0.2, 0) is 0 Å². The Kier molecular flexibility index (Phi) is 2.21. The predicted octanol–water partition coefficient (Wildman–Crippen LogP) is 1.59. The maximum atomic E-state index is 12.2. The quantitative estimate of drug-likeness (QED) is 0.697. The Morgan fingerprint density at radius 1 is 1.33 bits per heavy atom. The zero-order valence-electron chi connectivity index (χ0n) is 9.29. The largest absolute Gasteiger partial charge is 0.344 e. The first-order valence-corrected chi connectivity index (χ1v) is 5.35. The van der Waals surface area contributed by atoms with Crippen LogP contribution in [-0.4, -0.2) is 14.5 Å². The summed E-state index contributed by atoms with van der Waals surface area (Å²) in [5.41, 5.74) is 2.06. The van der Waals surface area contributed by atoms with Crippen LogP contribution in [0.5, 0.6) is 0 Å². The third-order valence-corrected chi connectivity index (χ3v) is 2.73. The number of nitriles is 1. The van der Waals surface area contributed by atoms with Gasteiger partial charge in [-0.3, -0.25) is 9.36 Å². The molecule has 0 fully saturated rings. The first kappa shape index (κ1) is 10.3. The minimum atomic E-state index is -0.205.